The molecule has 0 aliphatic heterocycles. The Bertz CT molecular complexity index is 489. The van der Waals surface area contributed by atoms with Crippen molar-refractivity contribution in [3.63, 3.8) is 0 Å². The molecule has 22 heavy (non-hydrogen) atoms. The largest absolute Gasteiger partial charge is 0 e. The van der Waals surface area contributed by atoms with E-state index in [1.54, 1.807) is 0 Å². The third-order valence-corrected chi connectivity index (χ3v) is 2.67. The van der Waals surface area contributed by atoms with Crippen molar-refractivity contribution in [2.75, 3.05) is 0 Å². The molecular formula is C17H14CrO4. The van der Waals surface area contributed by atoms with E-state index in [-0.39, 0.29) is 17.4 Å². The average Bonchev–Trinajstić information content (AvgIpc) is 2.62. The first-order valence-electron chi connectivity index (χ1n) is 5.66. The first-order valence-corrected chi connectivity index (χ1v) is 5.66. The molecule has 0 radical (unpaired) electrons. The van der Waals surface area contributed by atoms with Gasteiger partial charge in [-0.15, -0.1) is 0 Å². The predicted molar refractivity (Wildman–Crippen MR) is 73.3 cm³/mol. The van der Waals surface area contributed by atoms with Gasteiger partial charge in [-0.1, -0.05) is 60.7 Å². The van der Waals surface area contributed by atoms with Crippen molar-refractivity contribution in [2.45, 2.75) is 12.5 Å². The van der Waals surface area contributed by atoms with E-state index in [2.05, 4.69) is 20.0 Å². The molecule has 0 aromatic heterocycles. The summed E-state index contributed by atoms with van der Waals surface area (Å²) in [6.45, 7) is 15.3. The average molecular weight is 334 g/mol. The first kappa shape index (κ1) is 25.1. The fourth-order valence-corrected chi connectivity index (χ4v) is 1.69. The smallest absolute Gasteiger partial charge is 0 e. The quantitative estimate of drug-likeness (QED) is 0.665. The molecule has 0 saturated carbocycles. The van der Waals surface area contributed by atoms with E-state index < -0.39 is 5.60 Å². The van der Waals surface area contributed by atoms with Crippen molar-refractivity contribution in [2.24, 2.45) is 0 Å². The molecule has 1 N–H and O–H groups in total. The Morgan fingerprint density at radius 2 is 0.909 bits per heavy atom. The summed E-state index contributed by atoms with van der Waals surface area (Å²) in [5, 5.41) is 10.5. The van der Waals surface area contributed by atoms with Gasteiger partial charge in [-0.25, -0.2) is 0 Å². The minimum atomic E-state index is -0.914. The molecule has 112 valence electrons. The van der Waals surface area contributed by atoms with Crippen LogP contribution in [0.25, 0.3) is 0 Å². The van der Waals surface area contributed by atoms with Gasteiger partial charge in [0.05, 0.1) is 0 Å². The summed E-state index contributed by atoms with van der Waals surface area (Å²) in [4.78, 5) is 0. The van der Waals surface area contributed by atoms with Crippen LogP contribution in [0.4, 0.5) is 0 Å². The molecule has 0 atom stereocenters. The van der Waals surface area contributed by atoms with Gasteiger partial charge in [0.2, 0.25) is 0 Å². The summed E-state index contributed by atoms with van der Waals surface area (Å²) in [5.41, 5.74) is 0.912. The third-order valence-electron chi connectivity index (χ3n) is 2.67. The number of hydrogen-bond acceptors (Lipinski definition) is 1. The Balaban J connectivity index is -0.000000463. The number of benzene rings is 2. The molecule has 0 aliphatic rings. The molecule has 0 amide bonds. The molecule has 2 aromatic carbocycles. The molecule has 0 bridgehead atoms. The van der Waals surface area contributed by atoms with Gasteiger partial charge in [0, 0.05) is 17.4 Å². The summed E-state index contributed by atoms with van der Waals surface area (Å²) in [5.74, 6) is 0. The Morgan fingerprint density at radius 1 is 0.682 bits per heavy atom. The normalized spacial score (nSPS) is 8.00. The van der Waals surface area contributed by atoms with Crippen LogP contribution in [0, 0.1) is 20.0 Å². The summed E-state index contributed by atoms with van der Waals surface area (Å²) in [6, 6.07) is 19.4. The van der Waals surface area contributed by atoms with Gasteiger partial charge < -0.3 is 5.11 Å². The molecule has 4 nitrogen and oxygen atoms in total. The van der Waals surface area contributed by atoms with E-state index in [4.69, 9.17) is 14.0 Å². The predicted octanol–water partition coefficient (Wildman–Crippen LogP) is 2.83. The maximum Gasteiger partial charge on any atom is 0 e. The van der Waals surface area contributed by atoms with Crippen molar-refractivity contribution in [3.8, 4) is 0 Å². The summed E-state index contributed by atoms with van der Waals surface area (Å²) in [6.07, 6.45) is 0. The third kappa shape index (κ3) is 7.81. The van der Waals surface area contributed by atoms with Gasteiger partial charge >= 0.3 is 33.9 Å². The topological polar surface area (TPSA) is 79.9 Å². The van der Waals surface area contributed by atoms with Crippen LogP contribution in [0.3, 0.4) is 0 Å². The Hall–Kier alpha value is -1.85. The molecule has 0 spiro atoms. The van der Waals surface area contributed by atoms with Crippen LogP contribution in [0.15, 0.2) is 60.7 Å². The van der Waals surface area contributed by atoms with Gasteiger partial charge in [0.25, 0.3) is 0 Å². The summed E-state index contributed by atoms with van der Waals surface area (Å²) in [7, 11) is 0. The van der Waals surface area contributed by atoms with E-state index in [1.165, 1.54) is 0 Å². The zero-order valence-electron chi connectivity index (χ0n) is 11.9. The van der Waals surface area contributed by atoms with Crippen molar-refractivity contribution in [1.29, 1.82) is 0 Å². The molecule has 5 heteroatoms. The number of aliphatic hydroxyl groups is 1. The summed E-state index contributed by atoms with van der Waals surface area (Å²) < 4.78 is 22.5. The standard InChI is InChI=1S/C14H14O.3CO.Cr/c1-14(15,12-8-4-2-5-9-12)13-10-6-3-7-11-13;3*1-2;/h2-11,15H,1H3;;;;. The van der Waals surface area contributed by atoms with E-state index in [0.29, 0.717) is 0 Å². The minimum absolute atomic E-state index is 0. The maximum atomic E-state index is 10.5. The van der Waals surface area contributed by atoms with Gasteiger partial charge in [0.1, 0.15) is 5.60 Å². The van der Waals surface area contributed by atoms with Crippen molar-refractivity contribution < 1.29 is 36.4 Å². The molecule has 0 fully saturated rings. The Morgan fingerprint density at radius 3 is 1.14 bits per heavy atom. The van der Waals surface area contributed by atoms with Crippen molar-refractivity contribution in [1.82, 2.24) is 0 Å². The van der Waals surface area contributed by atoms with Crippen LogP contribution in [-0.4, -0.2) is 5.11 Å². The van der Waals surface area contributed by atoms with Crippen molar-refractivity contribution >= 4 is 0 Å². The zero-order chi connectivity index (χ0) is 16.7. The Labute approximate surface area is 141 Å². The van der Waals surface area contributed by atoms with Crippen molar-refractivity contribution in [3.05, 3.63) is 91.7 Å². The fraction of sp³-hybridized carbons (Fsp3) is 0.118. The van der Waals surface area contributed by atoms with E-state index in [1.807, 2.05) is 67.6 Å². The van der Waals surface area contributed by atoms with Gasteiger partial charge in [0.15, 0.2) is 0 Å². The maximum absolute atomic E-state index is 10.5. The van der Waals surface area contributed by atoms with E-state index in [0.717, 1.165) is 11.1 Å². The molecule has 0 heterocycles. The van der Waals surface area contributed by atoms with Crippen LogP contribution in [-0.2, 0) is 36.9 Å². The van der Waals surface area contributed by atoms with Gasteiger partial charge in [-0.3, -0.25) is 0 Å². The van der Waals surface area contributed by atoms with Gasteiger partial charge in [-0.05, 0) is 18.1 Å². The molecule has 2 aromatic rings. The number of hydrogen-bond donors (Lipinski definition) is 1. The first-order chi connectivity index (χ1) is 10.2. The Kier molecular flexibility index (Phi) is 17.7. The molecule has 0 saturated heterocycles. The van der Waals surface area contributed by atoms with Crippen LogP contribution < -0.4 is 0 Å². The van der Waals surface area contributed by atoms with Crippen LogP contribution in [0.5, 0.6) is 0 Å². The zero-order valence-corrected chi connectivity index (χ0v) is 13.1. The molecular weight excluding hydrogens is 320 g/mol. The molecule has 0 aliphatic carbocycles. The second-order valence-corrected chi connectivity index (χ2v) is 3.80. The van der Waals surface area contributed by atoms with E-state index >= 15 is 0 Å². The fourth-order valence-electron chi connectivity index (χ4n) is 1.69. The molecule has 2 rings (SSSR count). The monoisotopic (exact) mass is 334 g/mol. The minimum Gasteiger partial charge on any atom is 0 e. The van der Waals surface area contributed by atoms with Crippen LogP contribution >= 0.6 is 0 Å². The van der Waals surface area contributed by atoms with Crippen LogP contribution in [0.2, 0.25) is 0 Å². The summed E-state index contributed by atoms with van der Waals surface area (Å²) >= 11 is 0. The second kappa shape index (κ2) is 15.5. The van der Waals surface area contributed by atoms with Crippen LogP contribution in [0.1, 0.15) is 18.1 Å². The van der Waals surface area contributed by atoms with Gasteiger partial charge in [-0.2, -0.15) is 0 Å². The second-order valence-electron chi connectivity index (χ2n) is 3.80. The SMILES string of the molecule is CC(O)(c1ccccc1)c1ccccc1.[C-]#[O+].[C-]#[O+].[C-]#[O+].[Cr]. The van der Waals surface area contributed by atoms with E-state index in [9.17, 15) is 5.11 Å². The number of rotatable bonds is 2. The molecule has 0 unspecified atom stereocenters.